The number of thioether (sulfide) groups is 1. The van der Waals surface area contributed by atoms with Crippen LogP contribution in [0.2, 0.25) is 0 Å². The van der Waals surface area contributed by atoms with E-state index in [2.05, 4.69) is 12.2 Å². The Hall–Kier alpha value is -1.16. The topological polar surface area (TPSA) is 55.1 Å². The molecule has 0 bridgehead atoms. The maximum absolute atomic E-state index is 12.1. The number of benzene rings is 1. The number of anilines is 1. The summed E-state index contributed by atoms with van der Waals surface area (Å²) in [5.41, 5.74) is 7.61. The Kier molecular flexibility index (Phi) is 6.22. The van der Waals surface area contributed by atoms with Crippen LogP contribution in [0.1, 0.15) is 39.2 Å². The van der Waals surface area contributed by atoms with E-state index in [1.54, 1.807) is 11.8 Å². The zero-order valence-electron chi connectivity index (χ0n) is 12.2. The number of aryl methyl sites for hydroxylation is 1. The highest BCUT2D eigenvalue weighted by molar-refractivity contribution is 8.00. The predicted molar refractivity (Wildman–Crippen MR) is 83.4 cm³/mol. The Morgan fingerprint density at radius 2 is 2.11 bits per heavy atom. The average molecular weight is 280 g/mol. The van der Waals surface area contributed by atoms with E-state index in [9.17, 15) is 4.79 Å². The summed E-state index contributed by atoms with van der Waals surface area (Å²) in [7, 11) is 0. The van der Waals surface area contributed by atoms with Crippen molar-refractivity contribution in [1.82, 2.24) is 5.32 Å². The molecule has 0 aliphatic rings. The van der Waals surface area contributed by atoms with Crippen LogP contribution < -0.4 is 11.1 Å². The molecular formula is C15H24N2OS. The summed E-state index contributed by atoms with van der Waals surface area (Å²) in [6, 6.07) is 6.04. The van der Waals surface area contributed by atoms with Crippen molar-refractivity contribution in [3.8, 4) is 0 Å². The summed E-state index contributed by atoms with van der Waals surface area (Å²) < 4.78 is 0. The molecule has 3 N–H and O–H groups in total. The molecule has 106 valence electrons. The van der Waals surface area contributed by atoms with Gasteiger partial charge in [-0.2, -0.15) is 0 Å². The fourth-order valence-electron chi connectivity index (χ4n) is 1.91. The van der Waals surface area contributed by atoms with E-state index in [0.717, 1.165) is 29.0 Å². The number of carbonyl (C=O) groups excluding carboxylic acids is 1. The summed E-state index contributed by atoms with van der Waals surface area (Å²) >= 11 is 1.58. The lowest BCUT2D eigenvalue weighted by atomic mass is 10.2. The molecule has 0 aliphatic carbocycles. The van der Waals surface area contributed by atoms with Gasteiger partial charge in [0.05, 0.1) is 5.25 Å². The number of hydrogen-bond acceptors (Lipinski definition) is 3. The van der Waals surface area contributed by atoms with Crippen LogP contribution in [0.4, 0.5) is 5.69 Å². The van der Waals surface area contributed by atoms with E-state index in [4.69, 9.17) is 5.73 Å². The first-order valence-electron chi connectivity index (χ1n) is 6.77. The normalized spacial score (nSPS) is 13.9. The third-order valence-electron chi connectivity index (χ3n) is 2.98. The number of amides is 1. The fourth-order valence-corrected chi connectivity index (χ4v) is 2.86. The van der Waals surface area contributed by atoms with Crippen LogP contribution in [-0.2, 0) is 4.79 Å². The van der Waals surface area contributed by atoms with Gasteiger partial charge in [-0.15, -0.1) is 11.8 Å². The van der Waals surface area contributed by atoms with Gasteiger partial charge in [-0.1, -0.05) is 13.3 Å². The van der Waals surface area contributed by atoms with Crippen molar-refractivity contribution in [1.29, 1.82) is 0 Å². The largest absolute Gasteiger partial charge is 0.399 e. The molecule has 1 aromatic rings. The van der Waals surface area contributed by atoms with Gasteiger partial charge in [0.1, 0.15) is 0 Å². The molecule has 0 saturated heterocycles. The van der Waals surface area contributed by atoms with Crippen molar-refractivity contribution in [2.75, 3.05) is 5.73 Å². The van der Waals surface area contributed by atoms with E-state index in [0.29, 0.717) is 0 Å². The van der Waals surface area contributed by atoms with Crippen LogP contribution in [0.5, 0.6) is 0 Å². The van der Waals surface area contributed by atoms with Gasteiger partial charge in [-0.25, -0.2) is 0 Å². The van der Waals surface area contributed by atoms with Crippen molar-refractivity contribution >= 4 is 23.4 Å². The van der Waals surface area contributed by atoms with Crippen LogP contribution in [0.3, 0.4) is 0 Å². The molecule has 3 nitrogen and oxygen atoms in total. The summed E-state index contributed by atoms with van der Waals surface area (Å²) in [6.07, 6.45) is 2.10. The molecule has 1 rings (SSSR count). The van der Waals surface area contributed by atoms with Crippen molar-refractivity contribution in [3.63, 3.8) is 0 Å². The van der Waals surface area contributed by atoms with Crippen LogP contribution in [0.15, 0.2) is 23.1 Å². The van der Waals surface area contributed by atoms with Crippen LogP contribution in [0.25, 0.3) is 0 Å². The fraction of sp³-hybridized carbons (Fsp3) is 0.533. The van der Waals surface area contributed by atoms with Crippen LogP contribution >= 0.6 is 11.8 Å². The van der Waals surface area contributed by atoms with Gasteiger partial charge in [0.15, 0.2) is 0 Å². The number of nitrogens with one attached hydrogen (secondary N) is 1. The lowest BCUT2D eigenvalue weighted by molar-refractivity contribution is -0.120. The van der Waals surface area contributed by atoms with Gasteiger partial charge in [0.2, 0.25) is 5.91 Å². The molecule has 1 amide bonds. The highest BCUT2D eigenvalue weighted by Crippen LogP contribution is 2.28. The smallest absolute Gasteiger partial charge is 0.233 e. The minimum atomic E-state index is -0.0957. The van der Waals surface area contributed by atoms with Crippen LogP contribution in [-0.4, -0.2) is 17.2 Å². The number of carbonyl (C=O) groups is 1. The van der Waals surface area contributed by atoms with Crippen LogP contribution in [0, 0.1) is 6.92 Å². The zero-order valence-corrected chi connectivity index (χ0v) is 13.0. The molecule has 1 aromatic carbocycles. The SMILES string of the molecule is CCCC(C)NC(=O)C(C)Sc1ccc(N)cc1C. The van der Waals surface area contributed by atoms with Crippen molar-refractivity contribution in [2.24, 2.45) is 0 Å². The van der Waals surface area contributed by atoms with Gasteiger partial charge in [0.25, 0.3) is 0 Å². The molecule has 0 aliphatic heterocycles. The van der Waals surface area contributed by atoms with Gasteiger partial charge in [-0.3, -0.25) is 4.79 Å². The minimum absolute atomic E-state index is 0.0957. The predicted octanol–water partition coefficient (Wildman–Crippen LogP) is 3.36. The average Bonchev–Trinajstić information content (AvgIpc) is 2.32. The maximum Gasteiger partial charge on any atom is 0.233 e. The van der Waals surface area contributed by atoms with Crippen molar-refractivity contribution in [3.05, 3.63) is 23.8 Å². The molecule has 19 heavy (non-hydrogen) atoms. The number of nitrogen functional groups attached to an aromatic ring is 1. The molecule has 0 aromatic heterocycles. The molecule has 0 saturated carbocycles. The number of nitrogens with two attached hydrogens (primary N) is 1. The van der Waals surface area contributed by atoms with E-state index in [-0.39, 0.29) is 17.2 Å². The Labute approximate surface area is 120 Å². The van der Waals surface area contributed by atoms with Crippen molar-refractivity contribution < 1.29 is 4.79 Å². The molecule has 2 unspecified atom stereocenters. The second-order valence-corrected chi connectivity index (χ2v) is 6.37. The molecule has 4 heteroatoms. The standard InChI is InChI=1S/C15H24N2OS/c1-5-6-11(3)17-15(18)12(4)19-14-8-7-13(16)9-10(14)2/h7-9,11-12H,5-6,16H2,1-4H3,(H,17,18). The Bertz CT molecular complexity index is 434. The van der Waals surface area contributed by atoms with E-state index < -0.39 is 0 Å². The maximum atomic E-state index is 12.1. The molecule has 0 fully saturated rings. The molecule has 0 heterocycles. The summed E-state index contributed by atoms with van der Waals surface area (Å²) in [5, 5.41) is 2.95. The van der Waals surface area contributed by atoms with Gasteiger partial charge in [0, 0.05) is 16.6 Å². The third-order valence-corrected chi connectivity index (χ3v) is 4.26. The first kappa shape index (κ1) is 15.9. The second kappa shape index (κ2) is 7.43. The van der Waals surface area contributed by atoms with E-state index >= 15 is 0 Å². The molecule has 0 spiro atoms. The highest BCUT2D eigenvalue weighted by Gasteiger charge is 2.16. The first-order valence-corrected chi connectivity index (χ1v) is 7.65. The minimum Gasteiger partial charge on any atom is -0.399 e. The number of hydrogen-bond donors (Lipinski definition) is 2. The number of rotatable bonds is 6. The lowest BCUT2D eigenvalue weighted by Gasteiger charge is -2.17. The summed E-state index contributed by atoms with van der Waals surface area (Å²) in [4.78, 5) is 13.2. The summed E-state index contributed by atoms with van der Waals surface area (Å²) in [5.74, 6) is 0.0992. The second-order valence-electron chi connectivity index (χ2n) is 4.98. The quantitative estimate of drug-likeness (QED) is 0.620. The molecule has 0 radical (unpaired) electrons. The Morgan fingerprint density at radius 3 is 2.68 bits per heavy atom. The first-order chi connectivity index (χ1) is 8.93. The highest BCUT2D eigenvalue weighted by atomic mass is 32.2. The Morgan fingerprint density at radius 1 is 1.42 bits per heavy atom. The Balaban J connectivity index is 2.58. The van der Waals surface area contributed by atoms with E-state index in [1.807, 2.05) is 39.0 Å². The van der Waals surface area contributed by atoms with Gasteiger partial charge < -0.3 is 11.1 Å². The van der Waals surface area contributed by atoms with E-state index in [1.165, 1.54) is 0 Å². The van der Waals surface area contributed by atoms with Gasteiger partial charge >= 0.3 is 0 Å². The van der Waals surface area contributed by atoms with Crippen molar-refractivity contribution in [2.45, 2.75) is 56.7 Å². The summed E-state index contributed by atoms with van der Waals surface area (Å²) in [6.45, 7) is 8.13. The molecule has 2 atom stereocenters. The zero-order chi connectivity index (χ0) is 14.4. The third kappa shape index (κ3) is 5.15. The lowest BCUT2D eigenvalue weighted by Crippen LogP contribution is -2.37. The van der Waals surface area contributed by atoms with Gasteiger partial charge in [-0.05, 0) is 51.0 Å². The monoisotopic (exact) mass is 280 g/mol. The molecular weight excluding hydrogens is 256 g/mol.